The molecule has 1 rings (SSSR count). The number of likely N-dealkylation sites (tertiary alicyclic amines) is 1. The SMILES string of the molecule is CN(CCCC#N)C1CCN(C(=O)CN)CC1. The second-order valence-corrected chi connectivity index (χ2v) is 4.56. The number of nitrogens with two attached hydrogens (primary N) is 1. The van der Waals surface area contributed by atoms with Crippen LogP contribution in [0.1, 0.15) is 25.7 Å². The number of carbonyl (C=O) groups excluding carboxylic acids is 1. The van der Waals surface area contributed by atoms with Gasteiger partial charge >= 0.3 is 0 Å². The first-order valence-electron chi connectivity index (χ1n) is 6.24. The number of piperidine rings is 1. The summed E-state index contributed by atoms with van der Waals surface area (Å²) in [4.78, 5) is 15.6. The van der Waals surface area contributed by atoms with Gasteiger partial charge in [0.1, 0.15) is 0 Å². The maximum absolute atomic E-state index is 11.4. The van der Waals surface area contributed by atoms with Crippen LogP contribution in [0.4, 0.5) is 0 Å². The zero-order valence-corrected chi connectivity index (χ0v) is 10.6. The number of nitrogens with zero attached hydrogens (tertiary/aromatic N) is 3. The van der Waals surface area contributed by atoms with Crippen LogP contribution in [0, 0.1) is 11.3 Å². The fourth-order valence-corrected chi connectivity index (χ4v) is 2.28. The predicted octanol–water partition coefficient (Wildman–Crippen LogP) is 0.172. The van der Waals surface area contributed by atoms with Gasteiger partial charge in [-0.1, -0.05) is 0 Å². The Morgan fingerprint density at radius 2 is 2.18 bits per heavy atom. The van der Waals surface area contributed by atoms with Crippen molar-refractivity contribution in [2.45, 2.75) is 31.7 Å². The highest BCUT2D eigenvalue weighted by Gasteiger charge is 2.24. The third-order valence-electron chi connectivity index (χ3n) is 3.41. The van der Waals surface area contributed by atoms with Gasteiger partial charge in [0.05, 0.1) is 12.6 Å². The molecule has 17 heavy (non-hydrogen) atoms. The van der Waals surface area contributed by atoms with Crippen LogP contribution < -0.4 is 5.73 Å². The molecular weight excluding hydrogens is 216 g/mol. The number of carbonyl (C=O) groups is 1. The van der Waals surface area contributed by atoms with Gasteiger partial charge in [-0.2, -0.15) is 5.26 Å². The third-order valence-corrected chi connectivity index (χ3v) is 3.41. The quantitative estimate of drug-likeness (QED) is 0.693. The molecule has 5 nitrogen and oxygen atoms in total. The highest BCUT2D eigenvalue weighted by Crippen LogP contribution is 2.15. The highest BCUT2D eigenvalue weighted by molar-refractivity contribution is 5.78. The molecular formula is C12H22N4O. The fourth-order valence-electron chi connectivity index (χ4n) is 2.28. The zero-order valence-electron chi connectivity index (χ0n) is 10.6. The van der Waals surface area contributed by atoms with Crippen molar-refractivity contribution in [3.8, 4) is 6.07 Å². The van der Waals surface area contributed by atoms with Crippen molar-refractivity contribution in [2.75, 3.05) is 33.2 Å². The summed E-state index contributed by atoms with van der Waals surface area (Å²) < 4.78 is 0. The molecule has 0 aliphatic carbocycles. The smallest absolute Gasteiger partial charge is 0.236 e. The highest BCUT2D eigenvalue weighted by atomic mass is 16.2. The lowest BCUT2D eigenvalue weighted by Crippen LogP contribution is -2.47. The molecule has 0 atom stereocenters. The lowest BCUT2D eigenvalue weighted by molar-refractivity contribution is -0.131. The lowest BCUT2D eigenvalue weighted by atomic mass is 10.0. The first-order valence-corrected chi connectivity index (χ1v) is 6.24. The summed E-state index contributed by atoms with van der Waals surface area (Å²) in [6.45, 7) is 2.69. The van der Waals surface area contributed by atoms with Crippen molar-refractivity contribution in [1.29, 1.82) is 5.26 Å². The Morgan fingerprint density at radius 1 is 1.53 bits per heavy atom. The monoisotopic (exact) mass is 238 g/mol. The van der Waals surface area contributed by atoms with Crippen molar-refractivity contribution >= 4 is 5.91 Å². The van der Waals surface area contributed by atoms with E-state index >= 15 is 0 Å². The van der Waals surface area contributed by atoms with E-state index in [2.05, 4.69) is 18.0 Å². The minimum atomic E-state index is 0.0515. The van der Waals surface area contributed by atoms with Gasteiger partial charge in [0.25, 0.3) is 0 Å². The van der Waals surface area contributed by atoms with Crippen LogP contribution in [-0.2, 0) is 4.79 Å². The van der Waals surface area contributed by atoms with E-state index in [-0.39, 0.29) is 12.5 Å². The van der Waals surface area contributed by atoms with Gasteiger partial charge in [-0.25, -0.2) is 0 Å². The zero-order chi connectivity index (χ0) is 12.7. The van der Waals surface area contributed by atoms with Gasteiger partial charge in [0.2, 0.25) is 5.91 Å². The van der Waals surface area contributed by atoms with Crippen LogP contribution in [0.2, 0.25) is 0 Å². The molecule has 0 aromatic carbocycles. The van der Waals surface area contributed by atoms with E-state index in [1.165, 1.54) is 0 Å². The molecule has 0 radical (unpaired) electrons. The maximum atomic E-state index is 11.4. The second-order valence-electron chi connectivity index (χ2n) is 4.56. The molecule has 1 amide bonds. The van der Waals surface area contributed by atoms with E-state index in [1.54, 1.807) is 0 Å². The van der Waals surface area contributed by atoms with Crippen LogP contribution in [-0.4, -0.2) is 55.0 Å². The normalized spacial score (nSPS) is 17.2. The molecule has 0 bridgehead atoms. The molecule has 0 spiro atoms. The Bertz CT molecular complexity index is 279. The molecule has 1 fully saturated rings. The molecule has 96 valence electrons. The molecule has 1 aliphatic heterocycles. The molecule has 2 N–H and O–H groups in total. The molecule has 0 aromatic rings. The van der Waals surface area contributed by atoms with E-state index in [1.807, 2.05) is 4.90 Å². The van der Waals surface area contributed by atoms with E-state index in [0.29, 0.717) is 12.5 Å². The fraction of sp³-hybridized carbons (Fsp3) is 0.833. The van der Waals surface area contributed by atoms with Crippen LogP contribution in [0.3, 0.4) is 0 Å². The Morgan fingerprint density at radius 3 is 2.71 bits per heavy atom. The van der Waals surface area contributed by atoms with Gasteiger partial charge in [-0.05, 0) is 32.9 Å². The van der Waals surface area contributed by atoms with Crippen molar-refractivity contribution in [1.82, 2.24) is 9.80 Å². The number of unbranched alkanes of at least 4 members (excludes halogenated alkanes) is 1. The molecule has 1 saturated heterocycles. The molecule has 5 heteroatoms. The first kappa shape index (κ1) is 13.9. The number of nitriles is 1. The summed E-state index contributed by atoms with van der Waals surface area (Å²) in [5.74, 6) is 0.0515. The number of hydrogen-bond donors (Lipinski definition) is 1. The second kappa shape index (κ2) is 7.25. The van der Waals surface area contributed by atoms with Gasteiger partial charge in [-0.15, -0.1) is 0 Å². The summed E-state index contributed by atoms with van der Waals surface area (Å²) in [5, 5.41) is 8.49. The van der Waals surface area contributed by atoms with Crippen LogP contribution in [0.5, 0.6) is 0 Å². The van der Waals surface area contributed by atoms with Gasteiger partial charge in [0.15, 0.2) is 0 Å². The van der Waals surface area contributed by atoms with E-state index in [9.17, 15) is 4.79 Å². The van der Waals surface area contributed by atoms with Gasteiger partial charge < -0.3 is 15.5 Å². The largest absolute Gasteiger partial charge is 0.341 e. The van der Waals surface area contributed by atoms with E-state index in [0.717, 1.165) is 38.9 Å². The Labute approximate surface area is 103 Å². The molecule has 1 aliphatic rings. The number of rotatable bonds is 5. The van der Waals surface area contributed by atoms with Gasteiger partial charge in [0, 0.05) is 25.6 Å². The third kappa shape index (κ3) is 4.33. The maximum Gasteiger partial charge on any atom is 0.236 e. The van der Waals surface area contributed by atoms with Crippen LogP contribution >= 0.6 is 0 Å². The molecule has 0 saturated carbocycles. The summed E-state index contributed by atoms with van der Waals surface area (Å²) in [6.07, 6.45) is 3.56. The van der Waals surface area contributed by atoms with Crippen LogP contribution in [0.25, 0.3) is 0 Å². The predicted molar refractivity (Wildman–Crippen MR) is 66.1 cm³/mol. The minimum Gasteiger partial charge on any atom is -0.341 e. The average molecular weight is 238 g/mol. The van der Waals surface area contributed by atoms with Crippen molar-refractivity contribution in [2.24, 2.45) is 5.73 Å². The molecule has 1 heterocycles. The summed E-state index contributed by atoms with van der Waals surface area (Å²) in [6, 6.07) is 2.70. The number of hydrogen-bond acceptors (Lipinski definition) is 4. The summed E-state index contributed by atoms with van der Waals surface area (Å²) in [7, 11) is 2.10. The van der Waals surface area contributed by atoms with Crippen molar-refractivity contribution in [3.63, 3.8) is 0 Å². The van der Waals surface area contributed by atoms with Gasteiger partial charge in [-0.3, -0.25) is 4.79 Å². The standard InChI is InChI=1S/C12H22N4O/c1-15(7-3-2-6-13)11-4-8-16(9-5-11)12(17)10-14/h11H,2-5,7-10,14H2,1H3. The molecule has 0 unspecified atom stereocenters. The average Bonchev–Trinajstić information content (AvgIpc) is 2.38. The summed E-state index contributed by atoms with van der Waals surface area (Å²) in [5.41, 5.74) is 5.35. The summed E-state index contributed by atoms with van der Waals surface area (Å²) >= 11 is 0. The minimum absolute atomic E-state index is 0.0515. The van der Waals surface area contributed by atoms with E-state index < -0.39 is 0 Å². The molecule has 0 aromatic heterocycles. The van der Waals surface area contributed by atoms with Crippen molar-refractivity contribution < 1.29 is 4.79 Å². The Kier molecular flexibility index (Phi) is 5.95. The topological polar surface area (TPSA) is 73.4 Å². The van der Waals surface area contributed by atoms with Crippen molar-refractivity contribution in [3.05, 3.63) is 0 Å². The first-order chi connectivity index (χ1) is 8.19. The number of amides is 1. The van der Waals surface area contributed by atoms with E-state index in [4.69, 9.17) is 11.0 Å². The Hall–Kier alpha value is -1.12. The lowest BCUT2D eigenvalue weighted by Gasteiger charge is -2.36. The van der Waals surface area contributed by atoms with Crippen LogP contribution in [0.15, 0.2) is 0 Å². The Balaban J connectivity index is 2.26.